The molecule has 0 spiro atoms. The molecule has 3 rings (SSSR count). The minimum Gasteiger partial charge on any atom is -0.497 e. The van der Waals surface area contributed by atoms with Gasteiger partial charge < -0.3 is 29.4 Å². The number of hydrogen-bond acceptors (Lipinski definition) is 5. The SMILES string of the molecule is COc1cc(OC)cc(C(NC(=O)Nc2ccccc2OC)c2nccn2C)c1. The number of amides is 2. The van der Waals surface area contributed by atoms with E-state index in [1.54, 1.807) is 45.7 Å². The lowest BCUT2D eigenvalue weighted by Crippen LogP contribution is -2.34. The van der Waals surface area contributed by atoms with Crippen LogP contribution in [0.15, 0.2) is 54.9 Å². The van der Waals surface area contributed by atoms with E-state index >= 15 is 0 Å². The fourth-order valence-corrected chi connectivity index (χ4v) is 2.99. The van der Waals surface area contributed by atoms with Crippen LogP contribution in [0.3, 0.4) is 0 Å². The van der Waals surface area contributed by atoms with E-state index in [-0.39, 0.29) is 0 Å². The monoisotopic (exact) mass is 396 g/mol. The van der Waals surface area contributed by atoms with Crippen molar-refractivity contribution < 1.29 is 19.0 Å². The Hall–Kier alpha value is -3.68. The number of aromatic nitrogens is 2. The van der Waals surface area contributed by atoms with E-state index in [9.17, 15) is 4.79 Å². The Bertz CT molecular complexity index is 964. The molecule has 0 aliphatic carbocycles. The summed E-state index contributed by atoms with van der Waals surface area (Å²) in [6.45, 7) is 0. The van der Waals surface area contributed by atoms with Gasteiger partial charge in [-0.15, -0.1) is 0 Å². The highest BCUT2D eigenvalue weighted by Gasteiger charge is 2.23. The van der Waals surface area contributed by atoms with E-state index in [0.717, 1.165) is 5.56 Å². The second-order valence-electron chi connectivity index (χ2n) is 6.27. The first kappa shape index (κ1) is 20.1. The van der Waals surface area contributed by atoms with Gasteiger partial charge in [0.15, 0.2) is 0 Å². The van der Waals surface area contributed by atoms with Crippen molar-refractivity contribution in [3.05, 3.63) is 66.2 Å². The van der Waals surface area contributed by atoms with Crippen molar-refractivity contribution in [3.63, 3.8) is 0 Å². The number of benzene rings is 2. The second-order valence-corrected chi connectivity index (χ2v) is 6.27. The smallest absolute Gasteiger partial charge is 0.320 e. The molecule has 1 heterocycles. The molecule has 0 bridgehead atoms. The molecule has 2 N–H and O–H groups in total. The van der Waals surface area contributed by atoms with E-state index in [1.165, 1.54) is 0 Å². The minimum atomic E-state index is -0.534. The number of ether oxygens (including phenoxy) is 3. The summed E-state index contributed by atoms with van der Waals surface area (Å²) in [6, 6.07) is 11.7. The first-order chi connectivity index (χ1) is 14.0. The fourth-order valence-electron chi connectivity index (χ4n) is 2.99. The van der Waals surface area contributed by atoms with Crippen LogP contribution in [0.25, 0.3) is 0 Å². The largest absolute Gasteiger partial charge is 0.497 e. The summed E-state index contributed by atoms with van der Waals surface area (Å²) in [7, 11) is 6.58. The van der Waals surface area contributed by atoms with Gasteiger partial charge in [-0.1, -0.05) is 12.1 Å². The molecule has 0 radical (unpaired) electrons. The standard InChI is InChI=1S/C21H24N4O4/c1-25-10-9-22-20(25)19(14-11-15(27-2)13-16(12-14)28-3)24-21(26)23-17-7-5-6-8-18(17)29-4/h5-13,19H,1-4H3,(H2,23,24,26). The molecule has 0 aliphatic rings. The summed E-state index contributed by atoms with van der Waals surface area (Å²) in [5.74, 6) is 2.46. The lowest BCUT2D eigenvalue weighted by atomic mass is 10.1. The van der Waals surface area contributed by atoms with Crippen LogP contribution in [0, 0.1) is 0 Å². The summed E-state index contributed by atoms with van der Waals surface area (Å²) < 4.78 is 17.9. The van der Waals surface area contributed by atoms with Crippen molar-refractivity contribution >= 4 is 11.7 Å². The maximum Gasteiger partial charge on any atom is 0.320 e. The van der Waals surface area contributed by atoms with Crippen molar-refractivity contribution in [2.45, 2.75) is 6.04 Å². The highest BCUT2D eigenvalue weighted by Crippen LogP contribution is 2.30. The van der Waals surface area contributed by atoms with Gasteiger partial charge in [0.05, 0.1) is 27.0 Å². The average molecular weight is 396 g/mol. The number of urea groups is 1. The number of aryl methyl sites for hydroxylation is 1. The van der Waals surface area contributed by atoms with E-state index in [4.69, 9.17) is 14.2 Å². The van der Waals surface area contributed by atoms with E-state index < -0.39 is 12.1 Å². The molecule has 1 aromatic heterocycles. The number of methoxy groups -OCH3 is 3. The first-order valence-electron chi connectivity index (χ1n) is 8.96. The van der Waals surface area contributed by atoms with Crippen LogP contribution in [0.4, 0.5) is 10.5 Å². The van der Waals surface area contributed by atoms with Crippen molar-refractivity contribution in [2.75, 3.05) is 26.6 Å². The minimum absolute atomic E-state index is 0.399. The zero-order chi connectivity index (χ0) is 20.8. The van der Waals surface area contributed by atoms with Crippen molar-refractivity contribution in [1.29, 1.82) is 0 Å². The molecule has 152 valence electrons. The Balaban J connectivity index is 1.93. The van der Waals surface area contributed by atoms with E-state index in [0.29, 0.717) is 28.8 Å². The fraction of sp³-hybridized carbons (Fsp3) is 0.238. The van der Waals surface area contributed by atoms with Crippen LogP contribution in [-0.4, -0.2) is 36.9 Å². The van der Waals surface area contributed by atoms with Crippen LogP contribution in [0.1, 0.15) is 17.4 Å². The number of rotatable bonds is 7. The summed E-state index contributed by atoms with van der Waals surface area (Å²) >= 11 is 0. The van der Waals surface area contributed by atoms with Crippen molar-refractivity contribution in [1.82, 2.24) is 14.9 Å². The molecule has 3 aromatic rings. The van der Waals surface area contributed by atoms with Crippen LogP contribution in [-0.2, 0) is 7.05 Å². The van der Waals surface area contributed by atoms with Crippen molar-refractivity contribution in [3.8, 4) is 17.2 Å². The molecule has 0 aliphatic heterocycles. The van der Waals surface area contributed by atoms with Gasteiger partial charge in [0.2, 0.25) is 0 Å². The number of nitrogens with one attached hydrogen (secondary N) is 2. The molecule has 0 fully saturated rings. The molecule has 1 unspecified atom stereocenters. The number of carbonyl (C=O) groups excluding carboxylic acids is 1. The number of imidazole rings is 1. The Morgan fingerprint density at radius 2 is 1.72 bits per heavy atom. The summed E-state index contributed by atoms with van der Waals surface area (Å²) in [5, 5.41) is 5.80. The van der Waals surface area contributed by atoms with Gasteiger partial charge in [-0.05, 0) is 29.8 Å². The molecule has 8 nitrogen and oxygen atoms in total. The van der Waals surface area contributed by atoms with Gasteiger partial charge in [0, 0.05) is 25.5 Å². The third-order valence-electron chi connectivity index (χ3n) is 4.45. The van der Waals surface area contributed by atoms with Gasteiger partial charge >= 0.3 is 6.03 Å². The maximum atomic E-state index is 12.8. The molecular weight excluding hydrogens is 372 g/mol. The molecular formula is C21H24N4O4. The third-order valence-corrected chi connectivity index (χ3v) is 4.45. The van der Waals surface area contributed by atoms with Gasteiger partial charge in [0.1, 0.15) is 29.1 Å². The zero-order valence-corrected chi connectivity index (χ0v) is 16.8. The highest BCUT2D eigenvalue weighted by atomic mass is 16.5. The number of nitrogens with zero attached hydrogens (tertiary/aromatic N) is 2. The topological polar surface area (TPSA) is 86.6 Å². The molecule has 8 heteroatoms. The van der Waals surface area contributed by atoms with E-state index in [2.05, 4.69) is 15.6 Å². The van der Waals surface area contributed by atoms with Gasteiger partial charge in [0.25, 0.3) is 0 Å². The normalized spacial score (nSPS) is 11.4. The molecule has 0 saturated carbocycles. The Morgan fingerprint density at radius 1 is 1.03 bits per heavy atom. The number of hydrogen-bond donors (Lipinski definition) is 2. The molecule has 2 aromatic carbocycles. The van der Waals surface area contributed by atoms with Crippen molar-refractivity contribution in [2.24, 2.45) is 7.05 Å². The number of para-hydroxylation sites is 2. The predicted octanol–water partition coefficient (Wildman–Crippen LogP) is 3.36. The summed E-state index contributed by atoms with van der Waals surface area (Å²) in [4.78, 5) is 17.2. The second kappa shape index (κ2) is 9.01. The maximum absolute atomic E-state index is 12.8. The molecule has 0 saturated heterocycles. The van der Waals surface area contributed by atoms with Crippen LogP contribution < -0.4 is 24.8 Å². The lowest BCUT2D eigenvalue weighted by Gasteiger charge is -2.21. The highest BCUT2D eigenvalue weighted by molar-refractivity contribution is 5.91. The lowest BCUT2D eigenvalue weighted by molar-refractivity contribution is 0.249. The third kappa shape index (κ3) is 4.60. The quantitative estimate of drug-likeness (QED) is 0.640. The van der Waals surface area contributed by atoms with Crippen LogP contribution in [0.5, 0.6) is 17.2 Å². The summed E-state index contributed by atoms with van der Waals surface area (Å²) in [5.41, 5.74) is 1.33. The molecule has 2 amide bonds. The Morgan fingerprint density at radius 3 is 2.31 bits per heavy atom. The predicted molar refractivity (Wildman–Crippen MR) is 110 cm³/mol. The Kier molecular flexibility index (Phi) is 6.23. The molecule has 1 atom stereocenters. The number of anilines is 1. The van der Waals surface area contributed by atoms with Gasteiger partial charge in [-0.2, -0.15) is 0 Å². The van der Waals surface area contributed by atoms with Gasteiger partial charge in [-0.25, -0.2) is 9.78 Å². The van der Waals surface area contributed by atoms with Crippen LogP contribution in [0.2, 0.25) is 0 Å². The Labute approximate surface area is 169 Å². The molecule has 29 heavy (non-hydrogen) atoms. The summed E-state index contributed by atoms with van der Waals surface area (Å²) in [6.07, 6.45) is 3.50. The zero-order valence-electron chi connectivity index (χ0n) is 16.8. The van der Waals surface area contributed by atoms with Gasteiger partial charge in [-0.3, -0.25) is 0 Å². The first-order valence-corrected chi connectivity index (χ1v) is 8.96. The van der Waals surface area contributed by atoms with E-state index in [1.807, 2.05) is 42.1 Å². The van der Waals surface area contributed by atoms with Crippen LogP contribution >= 0.6 is 0 Å². The average Bonchev–Trinajstić information content (AvgIpc) is 3.17. The number of carbonyl (C=O) groups is 1.